The summed E-state index contributed by atoms with van der Waals surface area (Å²) in [6.07, 6.45) is 0.748. The van der Waals surface area contributed by atoms with Gasteiger partial charge in [-0.2, -0.15) is 0 Å². The van der Waals surface area contributed by atoms with Gasteiger partial charge in [0, 0.05) is 6.54 Å². The van der Waals surface area contributed by atoms with Gasteiger partial charge in [0.05, 0.1) is 10.9 Å². The van der Waals surface area contributed by atoms with Crippen molar-refractivity contribution in [3.8, 4) is 0 Å². The van der Waals surface area contributed by atoms with Gasteiger partial charge in [0.15, 0.2) is 0 Å². The van der Waals surface area contributed by atoms with E-state index in [9.17, 15) is 9.59 Å². The van der Waals surface area contributed by atoms with Crippen molar-refractivity contribution in [1.82, 2.24) is 14.9 Å². The third-order valence-corrected chi connectivity index (χ3v) is 2.70. The molecule has 0 bridgehead atoms. The van der Waals surface area contributed by atoms with Gasteiger partial charge in [-0.05, 0) is 32.1 Å². The second-order valence-electron chi connectivity index (χ2n) is 3.89. The molecule has 2 N–H and O–H groups in total. The van der Waals surface area contributed by atoms with Crippen molar-refractivity contribution in [2.75, 3.05) is 13.6 Å². The minimum Gasteiger partial charge on any atom is -0.320 e. The lowest BCUT2D eigenvalue weighted by Crippen LogP contribution is -2.35. The smallest absolute Gasteiger partial charge is 0.320 e. The number of hydrogen-bond donors (Lipinski definition) is 2. The molecule has 0 unspecified atom stereocenters. The maximum atomic E-state index is 12.1. The summed E-state index contributed by atoms with van der Waals surface area (Å²) >= 11 is 0. The second kappa shape index (κ2) is 4.97. The lowest BCUT2D eigenvalue weighted by molar-refractivity contribution is 0.578. The van der Waals surface area contributed by atoms with Crippen molar-refractivity contribution in [3.05, 3.63) is 45.1 Å². The zero-order valence-corrected chi connectivity index (χ0v) is 9.69. The van der Waals surface area contributed by atoms with Crippen LogP contribution >= 0.6 is 0 Å². The van der Waals surface area contributed by atoms with Gasteiger partial charge >= 0.3 is 5.69 Å². The number of H-pyrrole nitrogens is 1. The summed E-state index contributed by atoms with van der Waals surface area (Å²) in [6.45, 7) is 1.21. The van der Waals surface area contributed by atoms with E-state index in [-0.39, 0.29) is 11.2 Å². The minimum atomic E-state index is -0.343. The largest absolute Gasteiger partial charge is 0.328 e. The zero-order valence-electron chi connectivity index (χ0n) is 9.69. The summed E-state index contributed by atoms with van der Waals surface area (Å²) in [5.74, 6) is 0. The summed E-state index contributed by atoms with van der Waals surface area (Å²) in [5.41, 5.74) is 0.0256. The Kier molecular flexibility index (Phi) is 3.39. The zero-order chi connectivity index (χ0) is 12.3. The van der Waals surface area contributed by atoms with Crippen molar-refractivity contribution in [2.45, 2.75) is 13.0 Å². The lowest BCUT2D eigenvalue weighted by Gasteiger charge is -2.05. The normalized spacial score (nSPS) is 10.9. The highest BCUT2D eigenvalue weighted by molar-refractivity contribution is 5.76. The molecular formula is C12H15N3O2. The number of hydrogen-bond acceptors (Lipinski definition) is 3. The highest BCUT2D eigenvalue weighted by Crippen LogP contribution is 2.02. The van der Waals surface area contributed by atoms with Crippen LogP contribution in [0.5, 0.6) is 0 Å². The van der Waals surface area contributed by atoms with Crippen LogP contribution in [-0.4, -0.2) is 23.1 Å². The van der Waals surface area contributed by atoms with Crippen LogP contribution in [0.25, 0.3) is 10.9 Å². The fraction of sp³-hybridized carbons (Fsp3) is 0.333. The standard InChI is InChI=1S/C12H15N3O2/c1-13-7-4-8-15-11(16)9-5-2-3-6-10(9)14-12(15)17/h2-3,5-6,13H,4,7-8H2,1H3,(H,14,17). The predicted molar refractivity (Wildman–Crippen MR) is 67.4 cm³/mol. The monoisotopic (exact) mass is 233 g/mol. The first-order chi connectivity index (χ1) is 8.24. The molecule has 0 atom stereocenters. The molecule has 2 aromatic rings. The number of nitrogens with zero attached hydrogens (tertiary/aromatic N) is 1. The molecule has 0 amide bonds. The summed E-state index contributed by atoms with van der Waals surface area (Å²) < 4.78 is 1.25. The highest BCUT2D eigenvalue weighted by Gasteiger charge is 2.05. The molecule has 90 valence electrons. The van der Waals surface area contributed by atoms with Crippen LogP contribution in [0.4, 0.5) is 0 Å². The van der Waals surface area contributed by atoms with Crippen molar-refractivity contribution >= 4 is 10.9 Å². The van der Waals surface area contributed by atoms with E-state index in [2.05, 4.69) is 10.3 Å². The molecule has 0 spiro atoms. The van der Waals surface area contributed by atoms with Crippen molar-refractivity contribution in [2.24, 2.45) is 0 Å². The molecule has 2 rings (SSSR count). The third kappa shape index (κ3) is 2.29. The fourth-order valence-corrected chi connectivity index (χ4v) is 1.82. The number of fused-ring (bicyclic) bond motifs is 1. The van der Waals surface area contributed by atoms with Gasteiger partial charge in [-0.1, -0.05) is 12.1 Å². The molecular weight excluding hydrogens is 218 g/mol. The van der Waals surface area contributed by atoms with Crippen LogP contribution in [-0.2, 0) is 6.54 Å². The number of aromatic nitrogens is 2. The molecule has 0 aliphatic heterocycles. The lowest BCUT2D eigenvalue weighted by atomic mass is 10.2. The van der Waals surface area contributed by atoms with E-state index in [0.717, 1.165) is 13.0 Å². The summed E-state index contributed by atoms with van der Waals surface area (Å²) in [5, 5.41) is 3.54. The van der Waals surface area contributed by atoms with Crippen LogP contribution in [0.3, 0.4) is 0 Å². The first-order valence-electron chi connectivity index (χ1n) is 5.60. The quantitative estimate of drug-likeness (QED) is 0.746. The van der Waals surface area contributed by atoms with Crippen LogP contribution in [0.15, 0.2) is 33.9 Å². The van der Waals surface area contributed by atoms with Gasteiger partial charge in [-0.3, -0.25) is 9.36 Å². The van der Waals surface area contributed by atoms with E-state index in [0.29, 0.717) is 17.4 Å². The molecule has 1 heterocycles. The maximum Gasteiger partial charge on any atom is 0.328 e. The fourth-order valence-electron chi connectivity index (χ4n) is 1.82. The van der Waals surface area contributed by atoms with Gasteiger partial charge < -0.3 is 10.3 Å². The maximum absolute atomic E-state index is 12.1. The molecule has 0 aliphatic rings. The van der Waals surface area contributed by atoms with Crippen molar-refractivity contribution in [1.29, 1.82) is 0 Å². The molecule has 0 saturated heterocycles. The Balaban J connectivity index is 2.49. The van der Waals surface area contributed by atoms with E-state index in [1.807, 2.05) is 7.05 Å². The molecule has 0 fully saturated rings. The average Bonchev–Trinajstić information content (AvgIpc) is 2.33. The van der Waals surface area contributed by atoms with Crippen molar-refractivity contribution in [3.63, 3.8) is 0 Å². The van der Waals surface area contributed by atoms with Gasteiger partial charge in [-0.15, -0.1) is 0 Å². The first-order valence-corrected chi connectivity index (χ1v) is 5.60. The van der Waals surface area contributed by atoms with Crippen LogP contribution in [0.1, 0.15) is 6.42 Å². The van der Waals surface area contributed by atoms with Gasteiger partial charge in [0.1, 0.15) is 0 Å². The predicted octanol–water partition coefficient (Wildman–Crippen LogP) is 0.299. The Hall–Kier alpha value is -1.88. The van der Waals surface area contributed by atoms with Crippen LogP contribution < -0.4 is 16.6 Å². The van der Waals surface area contributed by atoms with E-state index in [1.54, 1.807) is 24.3 Å². The highest BCUT2D eigenvalue weighted by atomic mass is 16.2. The van der Waals surface area contributed by atoms with E-state index < -0.39 is 0 Å². The molecule has 17 heavy (non-hydrogen) atoms. The Bertz CT molecular complexity index is 627. The topological polar surface area (TPSA) is 66.9 Å². The van der Waals surface area contributed by atoms with E-state index >= 15 is 0 Å². The number of rotatable bonds is 4. The van der Waals surface area contributed by atoms with E-state index in [1.165, 1.54) is 4.57 Å². The number of nitrogens with one attached hydrogen (secondary N) is 2. The number of benzene rings is 1. The Morgan fingerprint density at radius 1 is 1.29 bits per heavy atom. The molecule has 0 radical (unpaired) electrons. The number of aromatic amines is 1. The van der Waals surface area contributed by atoms with Crippen LogP contribution in [0, 0.1) is 0 Å². The Labute approximate surface area is 98.1 Å². The SMILES string of the molecule is CNCCCn1c(=O)[nH]c2ccccc2c1=O. The van der Waals surface area contributed by atoms with Crippen molar-refractivity contribution < 1.29 is 0 Å². The summed E-state index contributed by atoms with van der Waals surface area (Å²) in [6, 6.07) is 7.04. The third-order valence-electron chi connectivity index (χ3n) is 2.70. The summed E-state index contributed by atoms with van der Waals surface area (Å²) in [4.78, 5) is 26.5. The van der Waals surface area contributed by atoms with Gasteiger partial charge in [-0.25, -0.2) is 4.79 Å². The number of para-hydroxylation sites is 1. The van der Waals surface area contributed by atoms with Crippen LogP contribution in [0.2, 0.25) is 0 Å². The first kappa shape index (κ1) is 11.6. The second-order valence-corrected chi connectivity index (χ2v) is 3.89. The molecule has 0 saturated carbocycles. The Morgan fingerprint density at radius 2 is 2.06 bits per heavy atom. The molecule has 5 nitrogen and oxygen atoms in total. The van der Waals surface area contributed by atoms with E-state index in [4.69, 9.17) is 0 Å². The van der Waals surface area contributed by atoms with Gasteiger partial charge in [0.2, 0.25) is 0 Å². The van der Waals surface area contributed by atoms with Gasteiger partial charge in [0.25, 0.3) is 5.56 Å². The molecule has 1 aromatic carbocycles. The molecule has 0 aliphatic carbocycles. The minimum absolute atomic E-state index is 0.222. The summed E-state index contributed by atoms with van der Waals surface area (Å²) in [7, 11) is 1.84. The average molecular weight is 233 g/mol. The molecule has 1 aromatic heterocycles. The Morgan fingerprint density at radius 3 is 2.82 bits per heavy atom. The molecule has 5 heteroatoms.